The Kier molecular flexibility index (Phi) is 4.89. The molecule has 0 aromatic heterocycles. The number of nitrogens with zero attached hydrogens (tertiary/aromatic N) is 2. The molecule has 1 aromatic rings. The number of amides is 2. The van der Waals surface area contributed by atoms with E-state index in [1.807, 2.05) is 24.3 Å². The summed E-state index contributed by atoms with van der Waals surface area (Å²) in [5.41, 5.74) is 0.742. The molecule has 2 aliphatic rings. The van der Waals surface area contributed by atoms with E-state index in [2.05, 4.69) is 15.9 Å². The molecule has 0 spiro atoms. The van der Waals surface area contributed by atoms with E-state index in [1.165, 1.54) is 4.90 Å². The second-order valence-corrected chi connectivity index (χ2v) is 7.02. The minimum Gasteiger partial charge on any atom is -0.480 e. The van der Waals surface area contributed by atoms with Gasteiger partial charge in [-0.25, -0.2) is 4.79 Å². The lowest BCUT2D eigenvalue weighted by atomic mass is 9.98. The fourth-order valence-electron chi connectivity index (χ4n) is 3.47. The maximum Gasteiger partial charge on any atom is 0.326 e. The van der Waals surface area contributed by atoms with Crippen LogP contribution in [0.1, 0.15) is 25.7 Å². The van der Waals surface area contributed by atoms with Crippen LogP contribution in [-0.2, 0) is 14.4 Å². The Morgan fingerprint density at radius 1 is 1.12 bits per heavy atom. The number of hydrogen-bond donors (Lipinski definition) is 1. The molecule has 1 N–H and O–H groups in total. The van der Waals surface area contributed by atoms with Gasteiger partial charge in [-0.2, -0.15) is 0 Å². The fourth-order valence-corrected chi connectivity index (χ4v) is 3.97. The highest BCUT2D eigenvalue weighted by atomic mass is 79.9. The van der Waals surface area contributed by atoms with Crippen molar-refractivity contribution in [3.8, 4) is 0 Å². The molecule has 24 heavy (non-hydrogen) atoms. The molecule has 128 valence electrons. The molecule has 1 aromatic carbocycles. The molecule has 2 heterocycles. The van der Waals surface area contributed by atoms with Crippen LogP contribution in [0.4, 0.5) is 5.69 Å². The molecule has 6 nitrogen and oxygen atoms in total. The number of likely N-dealkylation sites (tertiary alicyclic amines) is 1. The first-order valence-corrected chi connectivity index (χ1v) is 8.89. The molecule has 0 radical (unpaired) electrons. The van der Waals surface area contributed by atoms with Crippen molar-refractivity contribution in [1.29, 1.82) is 0 Å². The van der Waals surface area contributed by atoms with Crippen molar-refractivity contribution < 1.29 is 19.5 Å². The zero-order valence-corrected chi connectivity index (χ0v) is 14.7. The average Bonchev–Trinajstić information content (AvgIpc) is 2.96. The number of carbonyl (C=O) groups is 3. The second-order valence-electron chi connectivity index (χ2n) is 6.16. The third kappa shape index (κ3) is 3.05. The fraction of sp³-hybridized carbons (Fsp3) is 0.471. The van der Waals surface area contributed by atoms with Crippen LogP contribution in [0.3, 0.4) is 0 Å². The molecule has 0 unspecified atom stereocenters. The van der Waals surface area contributed by atoms with E-state index in [0.29, 0.717) is 25.9 Å². The number of halogens is 1. The molecule has 0 saturated carbocycles. The lowest BCUT2D eigenvalue weighted by Gasteiger charge is -2.34. The first-order valence-electron chi connectivity index (χ1n) is 8.10. The molecule has 2 amide bonds. The first kappa shape index (κ1) is 17.0. The van der Waals surface area contributed by atoms with Gasteiger partial charge in [0.15, 0.2) is 0 Å². The normalized spacial score (nSPS) is 24.3. The number of carboxylic acids is 1. The zero-order chi connectivity index (χ0) is 17.3. The molecule has 2 atom stereocenters. The lowest BCUT2D eigenvalue weighted by Crippen LogP contribution is -2.51. The minimum atomic E-state index is -0.990. The summed E-state index contributed by atoms with van der Waals surface area (Å²) in [4.78, 5) is 39.9. The summed E-state index contributed by atoms with van der Waals surface area (Å²) in [6.07, 6.45) is 2.45. The number of rotatable bonds is 3. The van der Waals surface area contributed by atoms with Crippen molar-refractivity contribution in [1.82, 2.24) is 4.90 Å². The van der Waals surface area contributed by atoms with Gasteiger partial charge in [0.1, 0.15) is 12.0 Å². The summed E-state index contributed by atoms with van der Waals surface area (Å²) in [6, 6.07) is 6.57. The van der Waals surface area contributed by atoms with Gasteiger partial charge in [0.05, 0.1) is 5.69 Å². The van der Waals surface area contributed by atoms with Crippen molar-refractivity contribution in [2.45, 2.75) is 31.7 Å². The number of para-hydroxylation sites is 1. The number of piperidine rings is 1. The highest BCUT2D eigenvalue weighted by Gasteiger charge is 2.43. The van der Waals surface area contributed by atoms with Crippen LogP contribution in [0.5, 0.6) is 0 Å². The third-order valence-electron chi connectivity index (χ3n) is 4.72. The quantitative estimate of drug-likeness (QED) is 0.797. The summed E-state index contributed by atoms with van der Waals surface area (Å²) in [5.74, 6) is -2.36. The Labute approximate surface area is 148 Å². The summed E-state index contributed by atoms with van der Waals surface area (Å²) >= 11 is 3.43. The number of aliphatic carboxylic acids is 1. The van der Waals surface area contributed by atoms with Crippen LogP contribution in [0.15, 0.2) is 28.7 Å². The third-order valence-corrected chi connectivity index (χ3v) is 5.39. The molecular weight excluding hydrogens is 376 g/mol. The minimum absolute atomic E-state index is 0.249. The number of benzene rings is 1. The van der Waals surface area contributed by atoms with E-state index in [1.54, 1.807) is 4.90 Å². The van der Waals surface area contributed by atoms with Crippen LogP contribution in [0.2, 0.25) is 0 Å². The van der Waals surface area contributed by atoms with Crippen LogP contribution >= 0.6 is 15.9 Å². The van der Waals surface area contributed by atoms with E-state index in [4.69, 9.17) is 0 Å². The highest BCUT2D eigenvalue weighted by Crippen LogP contribution is 2.33. The van der Waals surface area contributed by atoms with Crippen molar-refractivity contribution in [3.63, 3.8) is 0 Å². The van der Waals surface area contributed by atoms with Gasteiger partial charge in [-0.15, -0.1) is 0 Å². The standard InChI is InChI=1S/C17H19BrN2O4/c18-12-5-1-2-6-13(12)20-10-8-11(16(20)22)15(21)19-9-4-3-7-14(19)17(23)24/h1-2,5-6,11,14H,3-4,7-10H2,(H,23,24)/t11-,14+/m0/s1. The summed E-state index contributed by atoms with van der Waals surface area (Å²) in [7, 11) is 0. The van der Waals surface area contributed by atoms with Gasteiger partial charge in [-0.05, 0) is 53.7 Å². The average molecular weight is 395 g/mol. The van der Waals surface area contributed by atoms with Crippen LogP contribution in [0, 0.1) is 5.92 Å². The smallest absolute Gasteiger partial charge is 0.326 e. The molecular formula is C17H19BrN2O4. The van der Waals surface area contributed by atoms with Crippen LogP contribution < -0.4 is 4.90 Å². The van der Waals surface area contributed by atoms with Gasteiger partial charge in [0, 0.05) is 17.6 Å². The summed E-state index contributed by atoms with van der Waals surface area (Å²) in [6.45, 7) is 0.873. The number of carboxylic acid groups (broad SMARTS) is 1. The summed E-state index contributed by atoms with van der Waals surface area (Å²) < 4.78 is 0.799. The predicted octanol–water partition coefficient (Wildman–Crippen LogP) is 2.27. The molecule has 0 bridgehead atoms. The molecule has 2 fully saturated rings. The maximum atomic E-state index is 12.8. The molecule has 7 heteroatoms. The molecule has 2 aliphatic heterocycles. The first-order chi connectivity index (χ1) is 11.5. The predicted molar refractivity (Wildman–Crippen MR) is 91.6 cm³/mol. The van der Waals surface area contributed by atoms with Gasteiger partial charge in [0.2, 0.25) is 11.8 Å². The zero-order valence-electron chi connectivity index (χ0n) is 13.2. The highest BCUT2D eigenvalue weighted by molar-refractivity contribution is 9.10. The van der Waals surface area contributed by atoms with Crippen molar-refractivity contribution in [2.75, 3.05) is 18.0 Å². The molecule has 3 rings (SSSR count). The van der Waals surface area contributed by atoms with E-state index in [-0.39, 0.29) is 11.8 Å². The van der Waals surface area contributed by atoms with Crippen molar-refractivity contribution in [2.24, 2.45) is 5.92 Å². The Hall–Kier alpha value is -1.89. The Bertz CT molecular complexity index is 678. The monoisotopic (exact) mass is 394 g/mol. The summed E-state index contributed by atoms with van der Waals surface area (Å²) in [5, 5.41) is 9.34. The van der Waals surface area contributed by atoms with Crippen LogP contribution in [-0.4, -0.2) is 46.9 Å². The Balaban J connectivity index is 1.78. The van der Waals surface area contributed by atoms with Gasteiger partial charge in [-0.1, -0.05) is 12.1 Å². The van der Waals surface area contributed by atoms with Gasteiger partial charge in [0.25, 0.3) is 0 Å². The number of hydrogen-bond acceptors (Lipinski definition) is 3. The van der Waals surface area contributed by atoms with E-state index in [0.717, 1.165) is 23.0 Å². The van der Waals surface area contributed by atoms with E-state index in [9.17, 15) is 19.5 Å². The van der Waals surface area contributed by atoms with E-state index >= 15 is 0 Å². The molecule has 0 aliphatic carbocycles. The second kappa shape index (κ2) is 6.93. The van der Waals surface area contributed by atoms with Gasteiger partial charge >= 0.3 is 5.97 Å². The van der Waals surface area contributed by atoms with Crippen molar-refractivity contribution >= 4 is 39.4 Å². The Morgan fingerprint density at radius 3 is 2.58 bits per heavy atom. The van der Waals surface area contributed by atoms with Crippen LogP contribution in [0.25, 0.3) is 0 Å². The number of anilines is 1. The van der Waals surface area contributed by atoms with Crippen molar-refractivity contribution in [3.05, 3.63) is 28.7 Å². The topological polar surface area (TPSA) is 77.9 Å². The Morgan fingerprint density at radius 2 is 1.88 bits per heavy atom. The largest absolute Gasteiger partial charge is 0.480 e. The SMILES string of the molecule is O=C(O)[C@H]1CCCCN1C(=O)[C@@H]1CCN(c2ccccc2Br)C1=O. The van der Waals surface area contributed by atoms with Gasteiger partial charge < -0.3 is 14.9 Å². The lowest BCUT2D eigenvalue weighted by molar-refractivity contribution is -0.155. The van der Waals surface area contributed by atoms with E-state index < -0.39 is 17.9 Å². The van der Waals surface area contributed by atoms with Gasteiger partial charge in [-0.3, -0.25) is 9.59 Å². The maximum absolute atomic E-state index is 12.8. The molecule has 2 saturated heterocycles. The number of carbonyl (C=O) groups excluding carboxylic acids is 2.